The Morgan fingerprint density at radius 1 is 0.151 bits per heavy atom. The lowest BCUT2D eigenvalue weighted by Gasteiger charge is -2.30. The molecule has 0 saturated carbocycles. The summed E-state index contributed by atoms with van der Waals surface area (Å²) >= 11 is 0. The van der Waals surface area contributed by atoms with Gasteiger partial charge >= 0.3 is 0 Å². The van der Waals surface area contributed by atoms with Gasteiger partial charge in [0.2, 0.25) is 0 Å². The fraction of sp³-hybridized carbons (Fsp3) is 0.0448. The SMILES string of the molecule is CCc1ccc(N(c2cc(-c3ccc(F)cc3)cc(-c3ccc(F)cc3)c2)c2ccc3ccc4c(N(c5ccc(CC)cc5)c5cc(-c6ccc(F)cc6)cc(-c6ccc(F)cc6)c5)ccc5ccc2c3c54)cc1.Cc1ccc(N(c2cc(-c3ccc(F)cc3)cc(-c3ccc(F)cc3)c2)c2ccc3ccc4c(N(c5ccc(C)cc5)c5cc(-c6ccc(F)cc6)cc(-c6ccc(F)cc6)c5)ccc5ccc2c3c54)cc1. The molecule has 0 heterocycles. The molecule has 0 N–H and O–H groups in total. The molecule has 12 heteroatoms. The normalized spacial score (nSPS) is 11.5. The summed E-state index contributed by atoms with van der Waals surface area (Å²) in [5.74, 6) is -2.53. The van der Waals surface area contributed by atoms with Crippen LogP contribution in [0.25, 0.3) is 154 Å². The topological polar surface area (TPSA) is 13.0 Å². The second kappa shape index (κ2) is 38.8. The molecule has 0 aliphatic heterocycles. The molecule has 0 spiro atoms. The highest BCUT2D eigenvalue weighted by molar-refractivity contribution is 6.30. The summed E-state index contributed by atoms with van der Waals surface area (Å²) in [6, 6.07) is 147. The minimum Gasteiger partial charge on any atom is -0.310 e. The number of halogens is 8. The molecule has 24 aromatic rings. The van der Waals surface area contributed by atoms with Crippen LogP contribution in [0.4, 0.5) is 103 Å². The quantitative estimate of drug-likeness (QED) is 0.0495. The Hall–Kier alpha value is -18.0. The molecule has 0 bridgehead atoms. The van der Waals surface area contributed by atoms with Crippen LogP contribution < -0.4 is 19.6 Å². The van der Waals surface area contributed by atoms with Crippen molar-refractivity contribution in [3.05, 3.63) is 530 Å². The maximum absolute atomic E-state index is 14.4. The van der Waals surface area contributed by atoms with Crippen LogP contribution >= 0.6 is 0 Å². The van der Waals surface area contributed by atoms with E-state index in [0.717, 1.165) is 246 Å². The van der Waals surface area contributed by atoms with E-state index in [2.05, 4.69) is 314 Å². The van der Waals surface area contributed by atoms with Crippen LogP contribution in [0.1, 0.15) is 36.1 Å². The first kappa shape index (κ1) is 91.8. The Morgan fingerprint density at radius 2 is 0.308 bits per heavy atom. The number of benzene rings is 24. The van der Waals surface area contributed by atoms with Gasteiger partial charge in [-0.3, -0.25) is 0 Å². The molecule has 24 aromatic carbocycles. The van der Waals surface area contributed by atoms with Crippen LogP contribution in [0, 0.1) is 60.4 Å². The molecule has 0 radical (unpaired) electrons. The van der Waals surface area contributed by atoms with Crippen LogP contribution in [-0.2, 0) is 12.8 Å². The van der Waals surface area contributed by atoms with Gasteiger partial charge in [0.1, 0.15) is 46.5 Å². The fourth-order valence-corrected chi connectivity index (χ4v) is 20.6. The third kappa shape index (κ3) is 18.1. The Morgan fingerprint density at radius 3 is 0.473 bits per heavy atom. The summed E-state index contributed by atoms with van der Waals surface area (Å²) in [5.41, 5.74) is 29.7. The third-order valence-corrected chi connectivity index (χ3v) is 28.1. The van der Waals surface area contributed by atoms with Crippen molar-refractivity contribution in [3.63, 3.8) is 0 Å². The molecule has 0 amide bonds. The van der Waals surface area contributed by atoms with Crippen LogP contribution in [0.15, 0.2) is 461 Å². The van der Waals surface area contributed by atoms with Gasteiger partial charge in [-0.05, 0) is 413 Å². The van der Waals surface area contributed by atoms with Gasteiger partial charge in [0, 0.05) is 67.0 Å². The Labute approximate surface area is 841 Å². The Balaban J connectivity index is 0.000000161. The highest BCUT2D eigenvalue weighted by Gasteiger charge is 2.29. The van der Waals surface area contributed by atoms with Crippen LogP contribution in [0.3, 0.4) is 0 Å². The first-order valence-corrected chi connectivity index (χ1v) is 48.9. The van der Waals surface area contributed by atoms with E-state index in [0.29, 0.717) is 0 Å². The molecule has 0 saturated heterocycles. The molecule has 0 fully saturated rings. The van der Waals surface area contributed by atoms with Crippen molar-refractivity contribution in [1.29, 1.82) is 0 Å². The molecule has 0 aliphatic rings. The van der Waals surface area contributed by atoms with Gasteiger partial charge in [-0.1, -0.05) is 243 Å². The van der Waals surface area contributed by atoms with Crippen molar-refractivity contribution in [2.24, 2.45) is 0 Å². The zero-order chi connectivity index (χ0) is 99.5. The van der Waals surface area contributed by atoms with Crippen molar-refractivity contribution in [3.8, 4) is 89.0 Å². The van der Waals surface area contributed by atoms with Gasteiger partial charge in [-0.2, -0.15) is 0 Å². The van der Waals surface area contributed by atoms with E-state index in [1.54, 1.807) is 97.1 Å². The molecule has 0 aliphatic carbocycles. The molecule has 0 unspecified atom stereocenters. The highest BCUT2D eigenvalue weighted by atomic mass is 19.2. The van der Waals surface area contributed by atoms with E-state index in [-0.39, 0.29) is 46.5 Å². The number of rotatable bonds is 22. The van der Waals surface area contributed by atoms with Gasteiger partial charge in [0.05, 0.1) is 22.7 Å². The number of aryl methyl sites for hydroxylation is 4. The van der Waals surface area contributed by atoms with E-state index >= 15 is 0 Å². The van der Waals surface area contributed by atoms with Gasteiger partial charge in [0.25, 0.3) is 0 Å². The predicted octanol–water partition coefficient (Wildman–Crippen LogP) is 39.2. The average molecular weight is 1910 g/mol. The van der Waals surface area contributed by atoms with Gasteiger partial charge < -0.3 is 19.6 Å². The summed E-state index contributed by atoms with van der Waals surface area (Å²) in [7, 11) is 0. The first-order chi connectivity index (χ1) is 71.3. The fourth-order valence-electron chi connectivity index (χ4n) is 20.6. The second-order valence-corrected chi connectivity index (χ2v) is 37.4. The monoisotopic (exact) mass is 1910 g/mol. The average Bonchev–Trinajstić information content (AvgIpc) is 0.719. The van der Waals surface area contributed by atoms with Gasteiger partial charge in [-0.25, -0.2) is 35.1 Å². The second-order valence-electron chi connectivity index (χ2n) is 37.4. The molecule has 704 valence electrons. The summed E-state index contributed by atoms with van der Waals surface area (Å²) in [5, 5.41) is 12.9. The smallest absolute Gasteiger partial charge is 0.123 e. The number of nitrogens with zero attached hydrogens (tertiary/aromatic N) is 4. The lowest BCUT2D eigenvalue weighted by Crippen LogP contribution is -2.12. The molecule has 0 aromatic heterocycles. The van der Waals surface area contributed by atoms with Crippen molar-refractivity contribution in [2.75, 3.05) is 19.6 Å². The minimum absolute atomic E-state index is 0.316. The number of hydrogen-bond donors (Lipinski definition) is 0. The maximum Gasteiger partial charge on any atom is 0.123 e. The zero-order valence-corrected chi connectivity index (χ0v) is 80.1. The summed E-state index contributed by atoms with van der Waals surface area (Å²) < 4.78 is 115. The van der Waals surface area contributed by atoms with Crippen LogP contribution in [0.2, 0.25) is 0 Å². The predicted molar refractivity (Wildman–Crippen MR) is 590 cm³/mol. The van der Waals surface area contributed by atoms with Gasteiger partial charge in [-0.15, -0.1) is 0 Å². The van der Waals surface area contributed by atoms with Crippen molar-refractivity contribution in [2.45, 2.75) is 40.5 Å². The van der Waals surface area contributed by atoms with E-state index < -0.39 is 0 Å². The lowest BCUT2D eigenvalue weighted by atomic mass is 9.91. The third-order valence-electron chi connectivity index (χ3n) is 28.1. The molecular weight excluding hydrogens is 1820 g/mol. The zero-order valence-electron chi connectivity index (χ0n) is 80.1. The summed E-state index contributed by atoms with van der Waals surface area (Å²) in [4.78, 5) is 9.16. The molecular formula is C134H92F8N4. The number of anilines is 12. The molecule has 146 heavy (non-hydrogen) atoms. The first-order valence-electron chi connectivity index (χ1n) is 48.9. The highest BCUT2D eigenvalue weighted by Crippen LogP contribution is 2.54. The van der Waals surface area contributed by atoms with E-state index in [4.69, 9.17) is 0 Å². The van der Waals surface area contributed by atoms with Crippen LogP contribution in [-0.4, -0.2) is 0 Å². The van der Waals surface area contributed by atoms with E-state index in [9.17, 15) is 35.1 Å². The lowest BCUT2D eigenvalue weighted by molar-refractivity contribution is 0.627. The van der Waals surface area contributed by atoms with Crippen molar-refractivity contribution >= 4 is 133 Å². The Kier molecular flexibility index (Phi) is 24.4. The summed E-state index contributed by atoms with van der Waals surface area (Å²) in [6.45, 7) is 8.45. The largest absolute Gasteiger partial charge is 0.310 e. The standard InChI is InChI=1S/C68H48F4N2.C66H44F4N2/c1-3-43-5-29-59(30-6-43)73(61-39-51(45-9-21-55(69)22-10-45)37-52(40-61)46-11-23-56(70)24-12-46)65-35-19-49-18-34-64-66(36-20-50-17-33-63(65)67(49)68(50)64)74(60-31-7-44(4-2)8-32-60)62-41-53(47-13-25-57(71)26-14-47)38-54(42-62)48-15-27-58(72)28-16-48;1-41-3-27-57(28-4-41)71(59-37-49(43-7-19-53(67)20-8-43)35-50(38-59)44-9-21-54(68)22-10-44)63-33-17-47-16-32-62-64(34-18-48-15-31-61(63)65(47)66(48)62)72(58-29-5-42(2)6-30-58)60-39-51(45-11-23-55(69)24-12-45)36-52(40-60)46-13-25-56(70)26-14-46/h5-42H,3-4H2,1-2H3;3-40H,1-2H3. The van der Waals surface area contributed by atoms with Crippen molar-refractivity contribution < 1.29 is 35.1 Å². The van der Waals surface area contributed by atoms with Gasteiger partial charge in [0.15, 0.2) is 0 Å². The van der Waals surface area contributed by atoms with E-state index in [1.165, 1.54) is 108 Å². The summed E-state index contributed by atoms with van der Waals surface area (Å²) in [6.07, 6.45) is 1.78. The minimum atomic E-state index is -0.318. The molecule has 24 rings (SSSR count). The molecule has 4 nitrogen and oxygen atoms in total. The van der Waals surface area contributed by atoms with Crippen molar-refractivity contribution in [1.82, 2.24) is 0 Å². The number of hydrogen-bond acceptors (Lipinski definition) is 4. The Bertz CT molecular complexity index is 8200. The van der Waals surface area contributed by atoms with Crippen LogP contribution in [0.5, 0.6) is 0 Å². The maximum atomic E-state index is 14.4. The van der Waals surface area contributed by atoms with E-state index in [1.807, 2.05) is 0 Å². The molecule has 0 atom stereocenters.